The van der Waals surface area contributed by atoms with Gasteiger partial charge in [-0.1, -0.05) is 41.1 Å². The van der Waals surface area contributed by atoms with Crippen LogP contribution < -0.4 is 19.6 Å². The molecule has 28 heavy (non-hydrogen) atoms. The molecule has 6 nitrogen and oxygen atoms in total. The predicted molar refractivity (Wildman–Crippen MR) is 111 cm³/mol. The Morgan fingerprint density at radius 2 is 2.00 bits per heavy atom. The van der Waals surface area contributed by atoms with E-state index in [2.05, 4.69) is 10.2 Å². The van der Waals surface area contributed by atoms with E-state index in [1.165, 1.54) is 15.7 Å². The summed E-state index contributed by atoms with van der Waals surface area (Å²) in [6, 6.07) is 12.8. The molecule has 0 spiro atoms. The number of thiazole rings is 1. The number of ether oxygens (including phenoxy) is 2. The number of hydrogen-bond acceptors (Lipinski definition) is 6. The van der Waals surface area contributed by atoms with Crippen LogP contribution in [0.1, 0.15) is 12.5 Å². The van der Waals surface area contributed by atoms with Crippen molar-refractivity contribution in [1.29, 1.82) is 0 Å². The molecule has 142 valence electrons. The van der Waals surface area contributed by atoms with E-state index >= 15 is 0 Å². The minimum atomic E-state index is -0.201. The normalized spacial score (nSPS) is 11.9. The Labute approximate surface area is 169 Å². The number of nitrogens with zero attached hydrogens (tertiary/aromatic N) is 3. The van der Waals surface area contributed by atoms with Crippen molar-refractivity contribution in [3.63, 3.8) is 0 Å². The molecular weight excluding hydrogens is 398 g/mol. The highest BCUT2D eigenvalue weighted by Gasteiger charge is 2.18. The minimum Gasteiger partial charge on any atom is -0.496 e. The zero-order chi connectivity index (χ0) is 19.7. The highest BCUT2D eigenvalue weighted by Crippen LogP contribution is 2.31. The Morgan fingerprint density at radius 1 is 1.18 bits per heavy atom. The third kappa shape index (κ3) is 3.23. The van der Waals surface area contributed by atoms with Gasteiger partial charge in [-0.2, -0.15) is 0 Å². The van der Waals surface area contributed by atoms with Crippen LogP contribution in [0.5, 0.6) is 11.5 Å². The Bertz CT molecular complexity index is 1270. The summed E-state index contributed by atoms with van der Waals surface area (Å²) in [5.41, 5.74) is 1.24. The second-order valence-electron chi connectivity index (χ2n) is 5.87. The number of hydrogen-bond donors (Lipinski definition) is 0. The van der Waals surface area contributed by atoms with E-state index in [0.29, 0.717) is 38.3 Å². The van der Waals surface area contributed by atoms with Crippen molar-refractivity contribution < 1.29 is 9.47 Å². The third-order valence-corrected chi connectivity index (χ3v) is 5.35. The lowest BCUT2D eigenvalue weighted by atomic mass is 10.2. The average Bonchev–Trinajstić information content (AvgIpc) is 3.24. The Balaban J connectivity index is 1.92. The molecular formula is C20H16ClN3O3S. The molecule has 2 aromatic heterocycles. The van der Waals surface area contributed by atoms with Crippen molar-refractivity contribution in [2.75, 3.05) is 13.7 Å². The Hall–Kier alpha value is -2.90. The van der Waals surface area contributed by atoms with Crippen molar-refractivity contribution in [3.05, 3.63) is 67.9 Å². The molecule has 4 rings (SSSR count). The SMILES string of the molecule is CCOc1ccccc1C=c1sc2nnc(-c3cc(Cl)ccc3OC)n2c1=O. The number of rotatable bonds is 5. The van der Waals surface area contributed by atoms with Crippen LogP contribution in [0, 0.1) is 0 Å². The summed E-state index contributed by atoms with van der Waals surface area (Å²) >= 11 is 7.40. The molecule has 0 fully saturated rings. The maximum atomic E-state index is 13.1. The molecule has 0 aliphatic rings. The summed E-state index contributed by atoms with van der Waals surface area (Å²) in [6.07, 6.45) is 1.81. The maximum Gasteiger partial charge on any atom is 0.276 e. The van der Waals surface area contributed by atoms with Crippen molar-refractivity contribution in [2.45, 2.75) is 6.92 Å². The predicted octanol–water partition coefficient (Wildman–Crippen LogP) is 3.43. The molecule has 0 saturated carbocycles. The molecule has 2 heterocycles. The van der Waals surface area contributed by atoms with Crippen molar-refractivity contribution in [2.24, 2.45) is 0 Å². The van der Waals surface area contributed by atoms with E-state index in [-0.39, 0.29) is 5.56 Å². The number of para-hydroxylation sites is 1. The first kappa shape index (κ1) is 18.5. The Morgan fingerprint density at radius 3 is 2.79 bits per heavy atom. The van der Waals surface area contributed by atoms with Gasteiger partial charge in [0.25, 0.3) is 5.56 Å². The summed E-state index contributed by atoms with van der Waals surface area (Å²) < 4.78 is 13.1. The van der Waals surface area contributed by atoms with E-state index in [9.17, 15) is 4.79 Å². The van der Waals surface area contributed by atoms with E-state index in [1.54, 1.807) is 25.3 Å². The average molecular weight is 414 g/mol. The lowest BCUT2D eigenvalue weighted by molar-refractivity contribution is 0.339. The van der Waals surface area contributed by atoms with Crippen LogP contribution >= 0.6 is 22.9 Å². The molecule has 0 radical (unpaired) electrons. The fourth-order valence-electron chi connectivity index (χ4n) is 2.92. The first-order chi connectivity index (χ1) is 13.6. The van der Waals surface area contributed by atoms with Crippen LogP contribution in [0.25, 0.3) is 22.4 Å². The zero-order valence-corrected chi connectivity index (χ0v) is 16.8. The molecule has 0 N–H and O–H groups in total. The largest absolute Gasteiger partial charge is 0.496 e. The van der Waals surface area contributed by atoms with Gasteiger partial charge in [-0.25, -0.2) is 4.40 Å². The van der Waals surface area contributed by atoms with Crippen LogP contribution in [-0.4, -0.2) is 28.3 Å². The second-order valence-corrected chi connectivity index (χ2v) is 7.32. The summed E-state index contributed by atoms with van der Waals surface area (Å²) in [5.74, 6) is 1.69. The maximum absolute atomic E-state index is 13.1. The van der Waals surface area contributed by atoms with Gasteiger partial charge in [0.1, 0.15) is 11.5 Å². The minimum absolute atomic E-state index is 0.201. The van der Waals surface area contributed by atoms with Crippen LogP contribution in [0.2, 0.25) is 5.02 Å². The van der Waals surface area contributed by atoms with Gasteiger partial charge < -0.3 is 9.47 Å². The lowest BCUT2D eigenvalue weighted by Gasteiger charge is -2.06. The molecule has 8 heteroatoms. The van der Waals surface area contributed by atoms with Gasteiger partial charge in [0.05, 0.1) is 23.8 Å². The summed E-state index contributed by atoms with van der Waals surface area (Å²) in [4.78, 5) is 13.6. The Kier molecular flexibility index (Phi) is 5.02. The van der Waals surface area contributed by atoms with Crippen LogP contribution in [0.4, 0.5) is 0 Å². The van der Waals surface area contributed by atoms with Gasteiger partial charge in [-0.3, -0.25) is 4.79 Å². The van der Waals surface area contributed by atoms with Crippen LogP contribution in [0.3, 0.4) is 0 Å². The second kappa shape index (κ2) is 7.61. The number of aromatic nitrogens is 3. The molecule has 4 aromatic rings. The third-order valence-electron chi connectivity index (χ3n) is 4.16. The number of benzene rings is 2. The summed E-state index contributed by atoms with van der Waals surface area (Å²) in [6.45, 7) is 2.47. The van der Waals surface area contributed by atoms with Gasteiger partial charge in [0, 0.05) is 10.6 Å². The summed E-state index contributed by atoms with van der Waals surface area (Å²) in [7, 11) is 1.56. The molecule has 0 aliphatic carbocycles. The van der Waals surface area contributed by atoms with Gasteiger partial charge >= 0.3 is 0 Å². The van der Waals surface area contributed by atoms with Crippen molar-refractivity contribution in [3.8, 4) is 22.9 Å². The van der Waals surface area contributed by atoms with Crippen LogP contribution in [-0.2, 0) is 0 Å². The molecule has 2 aromatic carbocycles. The van der Waals surface area contributed by atoms with E-state index in [4.69, 9.17) is 21.1 Å². The molecule has 0 bridgehead atoms. The van der Waals surface area contributed by atoms with Gasteiger partial charge in [-0.05, 0) is 37.3 Å². The highest BCUT2D eigenvalue weighted by molar-refractivity contribution is 7.15. The van der Waals surface area contributed by atoms with E-state index < -0.39 is 0 Å². The molecule has 0 atom stereocenters. The van der Waals surface area contributed by atoms with Crippen molar-refractivity contribution >= 4 is 34.0 Å². The van der Waals surface area contributed by atoms with Gasteiger partial charge in [0.15, 0.2) is 5.82 Å². The molecule has 0 unspecified atom stereocenters. The van der Waals surface area contributed by atoms with Crippen molar-refractivity contribution in [1.82, 2.24) is 14.6 Å². The fraction of sp³-hybridized carbons (Fsp3) is 0.150. The molecule has 0 saturated heterocycles. The lowest BCUT2D eigenvalue weighted by Crippen LogP contribution is -2.23. The number of methoxy groups -OCH3 is 1. The van der Waals surface area contributed by atoms with Gasteiger partial charge in [0.2, 0.25) is 4.96 Å². The van der Waals surface area contributed by atoms with Gasteiger partial charge in [-0.15, -0.1) is 10.2 Å². The quantitative estimate of drug-likeness (QED) is 0.501. The topological polar surface area (TPSA) is 65.7 Å². The standard InChI is InChI=1S/C20H16ClN3O3S/c1-3-27-15-7-5-4-6-12(15)10-17-19(25)24-18(22-23-20(24)28-17)14-11-13(21)8-9-16(14)26-2/h4-11H,3H2,1-2H3. The summed E-state index contributed by atoms with van der Waals surface area (Å²) in [5, 5.41) is 8.86. The smallest absolute Gasteiger partial charge is 0.276 e. The molecule has 0 amide bonds. The number of fused-ring (bicyclic) bond motifs is 1. The highest BCUT2D eigenvalue weighted by atomic mass is 35.5. The monoisotopic (exact) mass is 413 g/mol. The fourth-order valence-corrected chi connectivity index (χ4v) is 4.00. The van der Waals surface area contributed by atoms with E-state index in [1.807, 2.05) is 37.3 Å². The van der Waals surface area contributed by atoms with Crippen LogP contribution in [0.15, 0.2) is 47.3 Å². The first-order valence-corrected chi connectivity index (χ1v) is 9.77. The zero-order valence-electron chi connectivity index (χ0n) is 15.2. The molecule has 0 aliphatic heterocycles. The van der Waals surface area contributed by atoms with E-state index in [0.717, 1.165) is 11.3 Å². The first-order valence-electron chi connectivity index (χ1n) is 8.57. The number of halogens is 1.